The van der Waals surface area contributed by atoms with E-state index in [0.29, 0.717) is 30.6 Å². The first-order valence-electron chi connectivity index (χ1n) is 5.70. The van der Waals surface area contributed by atoms with E-state index >= 15 is 0 Å². The largest absolute Gasteiger partial charge is 0.480 e. The van der Waals surface area contributed by atoms with Crippen LogP contribution in [0.25, 0.3) is 0 Å². The summed E-state index contributed by atoms with van der Waals surface area (Å²) in [5.41, 5.74) is 0.412. The highest BCUT2D eigenvalue weighted by Gasteiger charge is 2.21. The molecule has 17 heavy (non-hydrogen) atoms. The predicted octanol–water partition coefficient (Wildman–Crippen LogP) is 1.83. The maximum atomic E-state index is 11.8. The number of carboxylic acids is 1. The summed E-state index contributed by atoms with van der Waals surface area (Å²) in [6.07, 6.45) is 3.15. The van der Waals surface area contributed by atoms with Gasteiger partial charge >= 0.3 is 5.97 Å². The van der Waals surface area contributed by atoms with Crippen molar-refractivity contribution in [3.8, 4) is 0 Å². The minimum Gasteiger partial charge on any atom is -0.480 e. The number of carbonyl (C=O) groups excluding carboxylic acids is 1. The first-order chi connectivity index (χ1) is 8.10. The summed E-state index contributed by atoms with van der Waals surface area (Å²) in [6.45, 7) is 3.74. The number of carboxylic acid groups (broad SMARTS) is 1. The molecule has 0 aliphatic heterocycles. The van der Waals surface area contributed by atoms with Gasteiger partial charge in [0, 0.05) is 6.42 Å². The lowest BCUT2D eigenvalue weighted by atomic mass is 10.1. The molecule has 0 radical (unpaired) electrons. The van der Waals surface area contributed by atoms with Crippen molar-refractivity contribution in [3.63, 3.8) is 0 Å². The highest BCUT2D eigenvalue weighted by molar-refractivity contribution is 5.97. The summed E-state index contributed by atoms with van der Waals surface area (Å²) in [6, 6.07) is 0.714. The van der Waals surface area contributed by atoms with Gasteiger partial charge in [0.05, 0.1) is 11.8 Å². The van der Waals surface area contributed by atoms with Crippen LogP contribution in [0.2, 0.25) is 0 Å². The molecule has 5 heteroatoms. The smallest absolute Gasteiger partial charge is 0.326 e. The number of carbonyl (C=O) groups is 2. The van der Waals surface area contributed by atoms with Crippen molar-refractivity contribution in [3.05, 3.63) is 23.7 Å². The molecule has 0 saturated heterocycles. The minimum atomic E-state index is -1.01. The summed E-state index contributed by atoms with van der Waals surface area (Å²) in [4.78, 5) is 22.8. The van der Waals surface area contributed by atoms with E-state index in [9.17, 15) is 9.59 Å². The van der Waals surface area contributed by atoms with Crippen LogP contribution in [0.5, 0.6) is 0 Å². The van der Waals surface area contributed by atoms with E-state index in [0.717, 1.165) is 0 Å². The van der Waals surface area contributed by atoms with E-state index in [1.54, 1.807) is 6.07 Å². The van der Waals surface area contributed by atoms with E-state index in [1.165, 1.54) is 6.26 Å². The summed E-state index contributed by atoms with van der Waals surface area (Å²) < 4.78 is 5.13. The second-order valence-corrected chi connectivity index (χ2v) is 3.76. The fourth-order valence-electron chi connectivity index (χ4n) is 1.60. The third-order valence-corrected chi connectivity index (χ3v) is 2.49. The zero-order valence-electron chi connectivity index (χ0n) is 10.0. The number of furan rings is 1. The van der Waals surface area contributed by atoms with Gasteiger partial charge in [0.15, 0.2) is 0 Å². The first kappa shape index (κ1) is 13.3. The molecule has 2 N–H and O–H groups in total. The highest BCUT2D eigenvalue weighted by atomic mass is 16.4. The van der Waals surface area contributed by atoms with Crippen LogP contribution in [0.1, 0.15) is 42.8 Å². The molecule has 0 spiro atoms. The van der Waals surface area contributed by atoms with E-state index in [1.807, 2.05) is 13.8 Å². The quantitative estimate of drug-likeness (QED) is 0.793. The second kappa shape index (κ2) is 6.08. The molecule has 0 unspecified atom stereocenters. The van der Waals surface area contributed by atoms with Gasteiger partial charge in [-0.05, 0) is 12.5 Å². The summed E-state index contributed by atoms with van der Waals surface area (Å²) in [5.74, 6) is -0.832. The van der Waals surface area contributed by atoms with Gasteiger partial charge in [0.1, 0.15) is 11.8 Å². The molecular formula is C12H17NO4. The van der Waals surface area contributed by atoms with E-state index in [-0.39, 0.29) is 0 Å². The van der Waals surface area contributed by atoms with Crippen molar-refractivity contribution in [1.82, 2.24) is 5.32 Å². The lowest BCUT2D eigenvalue weighted by molar-refractivity contribution is -0.139. The molecular weight excluding hydrogens is 222 g/mol. The summed E-state index contributed by atoms with van der Waals surface area (Å²) in [7, 11) is 0. The third kappa shape index (κ3) is 3.34. The lowest BCUT2D eigenvalue weighted by Crippen LogP contribution is -2.40. The number of nitrogens with one attached hydrogen (secondary N) is 1. The topological polar surface area (TPSA) is 79.5 Å². The van der Waals surface area contributed by atoms with Crippen molar-refractivity contribution >= 4 is 11.9 Å². The Morgan fingerprint density at radius 3 is 2.71 bits per heavy atom. The maximum absolute atomic E-state index is 11.8. The number of aliphatic carboxylic acids is 1. The Morgan fingerprint density at radius 1 is 1.47 bits per heavy atom. The third-order valence-electron chi connectivity index (χ3n) is 2.49. The van der Waals surface area contributed by atoms with Gasteiger partial charge in [-0.2, -0.15) is 0 Å². The van der Waals surface area contributed by atoms with Crippen LogP contribution in [-0.2, 0) is 11.2 Å². The normalized spacial score (nSPS) is 12.1. The fraction of sp³-hybridized carbons (Fsp3) is 0.500. The van der Waals surface area contributed by atoms with E-state index in [2.05, 4.69) is 5.32 Å². The molecule has 1 amide bonds. The van der Waals surface area contributed by atoms with Crippen LogP contribution in [-0.4, -0.2) is 23.0 Å². The Bertz CT molecular complexity index is 397. The molecule has 1 aromatic rings. The van der Waals surface area contributed by atoms with Gasteiger partial charge in [-0.3, -0.25) is 4.79 Å². The van der Waals surface area contributed by atoms with Crippen molar-refractivity contribution in [1.29, 1.82) is 0 Å². The van der Waals surface area contributed by atoms with Gasteiger partial charge in [0.2, 0.25) is 0 Å². The van der Waals surface area contributed by atoms with Gasteiger partial charge < -0.3 is 14.8 Å². The summed E-state index contributed by atoms with van der Waals surface area (Å²) >= 11 is 0. The number of hydrogen-bond donors (Lipinski definition) is 2. The molecule has 1 rings (SSSR count). The number of rotatable bonds is 6. The molecule has 1 atom stereocenters. The van der Waals surface area contributed by atoms with Crippen LogP contribution in [0.3, 0.4) is 0 Å². The maximum Gasteiger partial charge on any atom is 0.326 e. The second-order valence-electron chi connectivity index (χ2n) is 3.76. The monoisotopic (exact) mass is 239 g/mol. The average molecular weight is 239 g/mol. The van der Waals surface area contributed by atoms with E-state index < -0.39 is 17.9 Å². The predicted molar refractivity (Wildman–Crippen MR) is 61.9 cm³/mol. The van der Waals surface area contributed by atoms with Crippen LogP contribution < -0.4 is 5.32 Å². The Balaban J connectivity index is 2.73. The molecule has 0 aromatic carbocycles. The molecule has 0 fully saturated rings. The SMILES string of the molecule is CCC[C@H](NC(=O)c1ccoc1CC)C(=O)O. The van der Waals surface area contributed by atoms with Crippen LogP contribution in [0.15, 0.2) is 16.7 Å². The van der Waals surface area contributed by atoms with Gasteiger partial charge in [-0.1, -0.05) is 20.3 Å². The summed E-state index contributed by atoms with van der Waals surface area (Å²) in [5, 5.41) is 11.4. The van der Waals surface area contributed by atoms with Crippen LogP contribution in [0, 0.1) is 0 Å². The highest BCUT2D eigenvalue weighted by Crippen LogP contribution is 2.11. The lowest BCUT2D eigenvalue weighted by Gasteiger charge is -2.13. The Morgan fingerprint density at radius 2 is 2.18 bits per heavy atom. The Kier molecular flexibility index (Phi) is 4.75. The fourth-order valence-corrected chi connectivity index (χ4v) is 1.60. The van der Waals surface area contributed by atoms with Crippen molar-refractivity contribution in [2.24, 2.45) is 0 Å². The Labute approximate surface area is 99.8 Å². The number of hydrogen-bond acceptors (Lipinski definition) is 3. The van der Waals surface area contributed by atoms with Crippen molar-refractivity contribution < 1.29 is 19.1 Å². The molecule has 0 aliphatic carbocycles. The first-order valence-corrected chi connectivity index (χ1v) is 5.70. The van der Waals surface area contributed by atoms with Gasteiger partial charge in [0.25, 0.3) is 5.91 Å². The molecule has 1 heterocycles. The Hall–Kier alpha value is -1.78. The molecule has 0 saturated carbocycles. The molecule has 0 bridgehead atoms. The van der Waals surface area contributed by atoms with Gasteiger partial charge in [-0.15, -0.1) is 0 Å². The molecule has 1 aromatic heterocycles. The average Bonchev–Trinajstić information content (AvgIpc) is 2.76. The zero-order chi connectivity index (χ0) is 12.8. The van der Waals surface area contributed by atoms with E-state index in [4.69, 9.17) is 9.52 Å². The molecule has 94 valence electrons. The zero-order valence-corrected chi connectivity index (χ0v) is 10.0. The standard InChI is InChI=1S/C12H17NO4/c1-3-5-9(12(15)16)13-11(14)8-6-7-17-10(8)4-2/h6-7,9H,3-5H2,1-2H3,(H,13,14)(H,15,16)/t9-/m0/s1. The van der Waals surface area contributed by atoms with Crippen LogP contribution >= 0.6 is 0 Å². The van der Waals surface area contributed by atoms with Crippen LogP contribution in [0.4, 0.5) is 0 Å². The molecule has 0 aliphatic rings. The van der Waals surface area contributed by atoms with Gasteiger partial charge in [-0.25, -0.2) is 4.79 Å². The van der Waals surface area contributed by atoms with Crippen molar-refractivity contribution in [2.75, 3.05) is 0 Å². The van der Waals surface area contributed by atoms with Crippen molar-refractivity contribution in [2.45, 2.75) is 39.2 Å². The molecule has 5 nitrogen and oxygen atoms in total. The number of aryl methyl sites for hydroxylation is 1. The number of amides is 1. The minimum absolute atomic E-state index is 0.392.